The van der Waals surface area contributed by atoms with E-state index < -0.39 is 11.2 Å². The minimum Gasteiger partial charge on any atom is -0.385 e. The maximum absolute atomic E-state index is 11.5. The summed E-state index contributed by atoms with van der Waals surface area (Å²) in [6.07, 6.45) is 1.49. The molecule has 3 N–H and O–H groups in total. The summed E-state index contributed by atoms with van der Waals surface area (Å²) in [5.74, 6) is 0.218. The molecule has 1 aromatic heterocycles. The zero-order chi connectivity index (χ0) is 10.8. The van der Waals surface area contributed by atoms with Gasteiger partial charge in [-0.05, 0) is 12.8 Å². The molecule has 0 atom stereocenters. The second-order valence-electron chi connectivity index (χ2n) is 3.58. The molecule has 0 spiro atoms. The number of hydrogen-bond donors (Lipinski definition) is 2. The van der Waals surface area contributed by atoms with Gasteiger partial charge < -0.3 is 10.5 Å². The summed E-state index contributed by atoms with van der Waals surface area (Å²) >= 11 is 0. The van der Waals surface area contributed by atoms with Crippen molar-refractivity contribution < 1.29 is 4.74 Å². The van der Waals surface area contributed by atoms with E-state index in [0.717, 1.165) is 12.8 Å². The van der Waals surface area contributed by atoms with Crippen molar-refractivity contribution in [3.8, 4) is 0 Å². The Bertz CT molecular complexity index is 456. The first-order valence-corrected chi connectivity index (χ1v) is 4.87. The first-order chi connectivity index (χ1) is 7.18. The van der Waals surface area contributed by atoms with Gasteiger partial charge in [-0.25, -0.2) is 4.79 Å². The summed E-state index contributed by atoms with van der Waals surface area (Å²) in [5.41, 5.74) is 4.76. The molecule has 1 fully saturated rings. The fraction of sp³-hybridized carbons (Fsp3) is 0.556. The Morgan fingerprint density at radius 2 is 2.07 bits per heavy atom. The monoisotopic (exact) mass is 211 g/mol. The number of nitrogens with one attached hydrogen (secondary N) is 1. The number of rotatable bonds is 1. The van der Waals surface area contributed by atoms with Crippen LogP contribution in [-0.4, -0.2) is 22.8 Å². The third-order valence-corrected chi connectivity index (χ3v) is 2.56. The molecule has 0 amide bonds. The lowest BCUT2D eigenvalue weighted by molar-refractivity contribution is 0.0689. The van der Waals surface area contributed by atoms with Crippen molar-refractivity contribution in [1.82, 2.24) is 9.55 Å². The van der Waals surface area contributed by atoms with Crippen LogP contribution in [0, 0.1) is 0 Å². The number of hydrogen-bond acceptors (Lipinski definition) is 4. The summed E-state index contributed by atoms with van der Waals surface area (Å²) in [4.78, 5) is 24.7. The Morgan fingerprint density at radius 1 is 1.40 bits per heavy atom. The minimum atomic E-state index is -0.458. The maximum Gasteiger partial charge on any atom is 0.330 e. The molecule has 0 unspecified atom stereocenters. The lowest BCUT2D eigenvalue weighted by atomic mass is 10.1. The number of anilines is 1. The minimum absolute atomic E-state index is 0.0306. The predicted octanol–water partition coefficient (Wildman–Crippen LogP) is -0.530. The van der Waals surface area contributed by atoms with E-state index in [0.29, 0.717) is 13.2 Å². The van der Waals surface area contributed by atoms with Gasteiger partial charge in [-0.1, -0.05) is 0 Å². The van der Waals surface area contributed by atoms with Crippen molar-refractivity contribution in [2.75, 3.05) is 18.9 Å². The third kappa shape index (κ3) is 1.94. The van der Waals surface area contributed by atoms with E-state index >= 15 is 0 Å². The van der Waals surface area contributed by atoms with Gasteiger partial charge in [0.2, 0.25) is 0 Å². The van der Waals surface area contributed by atoms with Crippen molar-refractivity contribution in [3.05, 3.63) is 26.9 Å². The summed E-state index contributed by atoms with van der Waals surface area (Å²) in [6, 6.07) is 1.26. The van der Waals surface area contributed by atoms with Crippen LogP contribution in [-0.2, 0) is 4.74 Å². The van der Waals surface area contributed by atoms with Crippen LogP contribution in [0.15, 0.2) is 15.7 Å². The van der Waals surface area contributed by atoms with Gasteiger partial charge in [0.25, 0.3) is 5.56 Å². The topological polar surface area (TPSA) is 90.1 Å². The molecule has 6 nitrogen and oxygen atoms in total. The predicted molar refractivity (Wildman–Crippen MR) is 54.8 cm³/mol. The molecular formula is C9H13N3O3. The van der Waals surface area contributed by atoms with Crippen LogP contribution >= 0.6 is 0 Å². The Balaban J connectivity index is 2.42. The Hall–Kier alpha value is -1.56. The molecule has 1 saturated heterocycles. The van der Waals surface area contributed by atoms with Gasteiger partial charge in [-0.15, -0.1) is 0 Å². The molecule has 6 heteroatoms. The van der Waals surface area contributed by atoms with Crippen molar-refractivity contribution >= 4 is 5.82 Å². The fourth-order valence-corrected chi connectivity index (χ4v) is 1.84. The van der Waals surface area contributed by atoms with Crippen LogP contribution in [0.5, 0.6) is 0 Å². The molecule has 0 aromatic carbocycles. The quantitative estimate of drug-likeness (QED) is 0.653. The van der Waals surface area contributed by atoms with Crippen LogP contribution in [0.3, 0.4) is 0 Å². The molecule has 0 saturated carbocycles. The highest BCUT2D eigenvalue weighted by Crippen LogP contribution is 2.20. The maximum atomic E-state index is 11.5. The summed E-state index contributed by atoms with van der Waals surface area (Å²) in [7, 11) is 0. The fourth-order valence-electron chi connectivity index (χ4n) is 1.84. The first kappa shape index (κ1) is 9.97. The zero-order valence-corrected chi connectivity index (χ0v) is 8.23. The number of nitrogen functional groups attached to an aromatic ring is 1. The van der Waals surface area contributed by atoms with Crippen molar-refractivity contribution in [3.63, 3.8) is 0 Å². The van der Waals surface area contributed by atoms with E-state index in [1.807, 2.05) is 0 Å². The zero-order valence-electron chi connectivity index (χ0n) is 8.23. The van der Waals surface area contributed by atoms with Crippen LogP contribution in [0.2, 0.25) is 0 Å². The smallest absolute Gasteiger partial charge is 0.330 e. The van der Waals surface area contributed by atoms with E-state index in [-0.39, 0.29) is 11.9 Å². The van der Waals surface area contributed by atoms with Gasteiger partial charge in [-0.3, -0.25) is 14.3 Å². The van der Waals surface area contributed by atoms with E-state index in [1.54, 1.807) is 0 Å². The number of nitrogens with two attached hydrogens (primary N) is 1. The van der Waals surface area contributed by atoms with Gasteiger partial charge in [-0.2, -0.15) is 0 Å². The lowest BCUT2D eigenvalue weighted by Crippen LogP contribution is -2.36. The normalized spacial score (nSPS) is 17.9. The highest BCUT2D eigenvalue weighted by molar-refractivity contribution is 5.27. The molecule has 2 rings (SSSR count). The Labute approximate surface area is 85.7 Å². The Kier molecular flexibility index (Phi) is 2.59. The molecule has 0 aliphatic carbocycles. The average molecular weight is 211 g/mol. The Morgan fingerprint density at radius 3 is 2.67 bits per heavy atom. The van der Waals surface area contributed by atoms with Gasteiger partial charge in [0, 0.05) is 25.3 Å². The van der Waals surface area contributed by atoms with Crippen molar-refractivity contribution in [1.29, 1.82) is 0 Å². The first-order valence-electron chi connectivity index (χ1n) is 4.87. The molecule has 2 heterocycles. The standard InChI is InChI=1S/C9H13N3O3/c10-7-5-8(13)11-9(14)12(7)6-1-3-15-4-2-6/h5-6H,1-4,10H2,(H,11,13,14). The number of aromatic nitrogens is 2. The number of ether oxygens (including phenoxy) is 1. The van der Waals surface area contributed by atoms with Crippen LogP contribution in [0.4, 0.5) is 5.82 Å². The second-order valence-corrected chi connectivity index (χ2v) is 3.58. The van der Waals surface area contributed by atoms with Crippen LogP contribution in [0.25, 0.3) is 0 Å². The third-order valence-electron chi connectivity index (χ3n) is 2.56. The highest BCUT2D eigenvalue weighted by atomic mass is 16.5. The van der Waals surface area contributed by atoms with Gasteiger partial charge in [0.1, 0.15) is 5.82 Å². The molecule has 1 aliphatic rings. The molecule has 1 aliphatic heterocycles. The summed E-state index contributed by atoms with van der Waals surface area (Å²) in [6.45, 7) is 1.24. The number of H-pyrrole nitrogens is 1. The largest absolute Gasteiger partial charge is 0.385 e. The molecule has 1 aromatic rings. The summed E-state index contributed by atoms with van der Waals surface area (Å²) in [5, 5.41) is 0. The molecular weight excluding hydrogens is 198 g/mol. The van der Waals surface area contributed by atoms with Gasteiger partial charge >= 0.3 is 5.69 Å². The van der Waals surface area contributed by atoms with Crippen molar-refractivity contribution in [2.24, 2.45) is 0 Å². The number of nitrogens with zero attached hydrogens (tertiary/aromatic N) is 1. The van der Waals surface area contributed by atoms with E-state index in [1.165, 1.54) is 10.6 Å². The lowest BCUT2D eigenvalue weighted by Gasteiger charge is -2.24. The SMILES string of the molecule is Nc1cc(=O)[nH]c(=O)n1C1CCOCC1. The van der Waals surface area contributed by atoms with E-state index in [4.69, 9.17) is 10.5 Å². The number of aromatic amines is 1. The summed E-state index contributed by atoms with van der Waals surface area (Å²) < 4.78 is 6.63. The second kappa shape index (κ2) is 3.90. The van der Waals surface area contributed by atoms with E-state index in [9.17, 15) is 9.59 Å². The van der Waals surface area contributed by atoms with E-state index in [2.05, 4.69) is 4.98 Å². The van der Waals surface area contributed by atoms with Crippen molar-refractivity contribution in [2.45, 2.75) is 18.9 Å². The molecule has 82 valence electrons. The molecule has 0 bridgehead atoms. The van der Waals surface area contributed by atoms with Gasteiger partial charge in [0.15, 0.2) is 0 Å². The molecule has 15 heavy (non-hydrogen) atoms. The highest BCUT2D eigenvalue weighted by Gasteiger charge is 2.18. The molecule has 0 radical (unpaired) electrons. The van der Waals surface area contributed by atoms with Gasteiger partial charge in [0.05, 0.1) is 0 Å². The average Bonchev–Trinajstić information content (AvgIpc) is 2.17. The van der Waals surface area contributed by atoms with Crippen LogP contribution < -0.4 is 17.0 Å². The van der Waals surface area contributed by atoms with Crippen LogP contribution in [0.1, 0.15) is 18.9 Å².